The van der Waals surface area contributed by atoms with E-state index in [-0.39, 0.29) is 34.7 Å². The summed E-state index contributed by atoms with van der Waals surface area (Å²) in [4.78, 5) is 43.6. The van der Waals surface area contributed by atoms with Gasteiger partial charge in [0.2, 0.25) is 17.7 Å². The molecule has 0 unspecified atom stereocenters. The van der Waals surface area contributed by atoms with Crippen molar-refractivity contribution >= 4 is 17.7 Å². The average Bonchev–Trinajstić information content (AvgIpc) is 3.41. The molecule has 2 aromatic carbocycles. The molecule has 0 saturated carbocycles. The van der Waals surface area contributed by atoms with Gasteiger partial charge in [0.05, 0.1) is 25.7 Å². The lowest BCUT2D eigenvalue weighted by Gasteiger charge is -2.36. The molecular weight excluding hydrogens is 721 g/mol. The van der Waals surface area contributed by atoms with Crippen molar-refractivity contribution in [2.24, 2.45) is 0 Å². The number of amides is 3. The molecule has 3 aliphatic rings. The number of rotatable bonds is 8. The summed E-state index contributed by atoms with van der Waals surface area (Å²) < 4.78 is 17.0. The number of hydrogen-bond donors (Lipinski definition) is 3. The van der Waals surface area contributed by atoms with E-state index >= 15 is 0 Å². The van der Waals surface area contributed by atoms with Crippen LogP contribution in [0.1, 0.15) is 110 Å². The summed E-state index contributed by atoms with van der Waals surface area (Å²) in [6, 6.07) is 14.8. The van der Waals surface area contributed by atoms with Crippen LogP contribution in [0.5, 0.6) is 17.2 Å². The van der Waals surface area contributed by atoms with E-state index in [4.69, 9.17) is 14.2 Å². The Kier molecular flexibility index (Phi) is 15.0. The summed E-state index contributed by atoms with van der Waals surface area (Å²) in [7, 11) is 3.29. The lowest BCUT2D eigenvalue weighted by atomic mass is 9.69. The second-order valence-corrected chi connectivity index (χ2v) is 17.0. The summed E-state index contributed by atoms with van der Waals surface area (Å²) in [5.41, 5.74) is 4.70. The number of aromatic nitrogens is 1. The van der Waals surface area contributed by atoms with E-state index in [1.54, 1.807) is 19.1 Å². The second kappa shape index (κ2) is 19.0. The third-order valence-corrected chi connectivity index (χ3v) is 10.9. The maximum atomic E-state index is 13.6. The Bertz CT molecular complexity index is 1850. The molecule has 11 nitrogen and oxygen atoms in total. The second-order valence-electron chi connectivity index (χ2n) is 17.0. The molecule has 3 aromatic rings. The summed E-state index contributed by atoms with van der Waals surface area (Å²) in [5.74, 6) is 1.44. The lowest BCUT2D eigenvalue weighted by Crippen LogP contribution is -2.54. The number of aliphatic hydroxyl groups excluding tert-OH is 1. The van der Waals surface area contributed by atoms with E-state index < -0.39 is 23.6 Å². The number of benzene rings is 2. The standard InChI is InChI=1S/C26H35N3O6.C11H16O.C9H13N/c1-5-18(27-15(3)30)24(32)28-19(6-2)25(33)29-12-11-26-10-9-17(31)13-21(26)35-23-20(34-4)8-7-16(14-29)22(23)26;1-11(2,3)9-5-7-10(12-4)8-6-9;1-9(2,3)8-4-6-10-7-5-8/h7-10,17-19,21,31H,5-6,11-14H2,1-4H3,(H,27,30)(H,28,32);5-8H,1-4H3;4-7H,1-3H3/t17-,18-,19-,21-,26-;;/m0../s1. The lowest BCUT2D eigenvalue weighted by molar-refractivity contribution is -0.138. The quantitative estimate of drug-likeness (QED) is 0.209. The van der Waals surface area contributed by atoms with E-state index in [1.165, 1.54) is 18.1 Å². The zero-order valence-corrected chi connectivity index (χ0v) is 35.8. The van der Waals surface area contributed by atoms with Gasteiger partial charge in [0.1, 0.15) is 23.9 Å². The molecular formula is C46H64N4O7. The molecule has 3 amide bonds. The maximum absolute atomic E-state index is 13.6. The molecule has 0 bridgehead atoms. The zero-order chi connectivity index (χ0) is 42.1. The van der Waals surface area contributed by atoms with Gasteiger partial charge in [0.25, 0.3) is 0 Å². The molecule has 1 aromatic heterocycles. The van der Waals surface area contributed by atoms with Gasteiger partial charge in [-0.25, -0.2) is 0 Å². The van der Waals surface area contributed by atoms with Gasteiger partial charge in [-0.1, -0.05) is 85.7 Å². The highest BCUT2D eigenvalue weighted by Crippen LogP contribution is 2.55. The van der Waals surface area contributed by atoms with Crippen LogP contribution >= 0.6 is 0 Å². The monoisotopic (exact) mass is 784 g/mol. The number of carbonyl (C=O) groups excluding carboxylic acids is 3. The van der Waals surface area contributed by atoms with Crippen molar-refractivity contribution in [3.05, 3.63) is 95.3 Å². The molecule has 3 N–H and O–H groups in total. The fourth-order valence-electron chi connectivity index (χ4n) is 7.50. The van der Waals surface area contributed by atoms with E-state index in [2.05, 4.69) is 81.4 Å². The van der Waals surface area contributed by atoms with Crippen LogP contribution in [0.15, 0.2) is 73.1 Å². The van der Waals surface area contributed by atoms with E-state index in [1.807, 2.05) is 62.7 Å². The summed E-state index contributed by atoms with van der Waals surface area (Å²) in [6.07, 6.45) is 8.66. The molecule has 5 atom stereocenters. The van der Waals surface area contributed by atoms with Crippen molar-refractivity contribution in [1.29, 1.82) is 0 Å². The Hall–Kier alpha value is -4.90. The molecule has 0 fully saturated rings. The van der Waals surface area contributed by atoms with Crippen molar-refractivity contribution in [3.63, 3.8) is 0 Å². The van der Waals surface area contributed by atoms with Crippen LogP contribution in [0.2, 0.25) is 0 Å². The Morgan fingerprint density at radius 2 is 1.51 bits per heavy atom. The molecule has 1 spiro atoms. The van der Waals surface area contributed by atoms with Gasteiger partial charge < -0.3 is 34.9 Å². The number of hydrogen-bond acceptors (Lipinski definition) is 8. The first kappa shape index (κ1) is 44.8. The van der Waals surface area contributed by atoms with Crippen LogP contribution in [0.4, 0.5) is 0 Å². The molecule has 0 radical (unpaired) electrons. The molecule has 57 heavy (non-hydrogen) atoms. The molecule has 3 heterocycles. The summed E-state index contributed by atoms with van der Waals surface area (Å²) in [6.45, 7) is 19.1. The molecule has 2 aliphatic heterocycles. The number of carbonyl (C=O) groups is 3. The highest BCUT2D eigenvalue weighted by Gasteiger charge is 2.53. The highest BCUT2D eigenvalue weighted by atomic mass is 16.5. The van der Waals surface area contributed by atoms with Crippen LogP contribution in [0, 0.1) is 0 Å². The van der Waals surface area contributed by atoms with Crippen LogP contribution in [-0.2, 0) is 37.2 Å². The van der Waals surface area contributed by atoms with Gasteiger partial charge in [0, 0.05) is 44.4 Å². The molecule has 0 saturated heterocycles. The minimum Gasteiger partial charge on any atom is -0.497 e. The number of aliphatic hydroxyl groups is 1. The zero-order valence-electron chi connectivity index (χ0n) is 35.8. The number of methoxy groups -OCH3 is 2. The predicted octanol–water partition coefficient (Wildman–Crippen LogP) is 6.93. The van der Waals surface area contributed by atoms with Gasteiger partial charge in [0.15, 0.2) is 11.5 Å². The van der Waals surface area contributed by atoms with Crippen LogP contribution in [0.3, 0.4) is 0 Å². The van der Waals surface area contributed by atoms with Crippen molar-refractivity contribution in [1.82, 2.24) is 20.5 Å². The van der Waals surface area contributed by atoms with Gasteiger partial charge >= 0.3 is 0 Å². The first-order valence-corrected chi connectivity index (χ1v) is 20.0. The Balaban J connectivity index is 0.000000265. The summed E-state index contributed by atoms with van der Waals surface area (Å²) in [5, 5.41) is 15.7. The van der Waals surface area contributed by atoms with Gasteiger partial charge in [-0.15, -0.1) is 0 Å². The van der Waals surface area contributed by atoms with Gasteiger partial charge in [-0.05, 0) is 77.1 Å². The Morgan fingerprint density at radius 3 is 2.04 bits per heavy atom. The van der Waals surface area contributed by atoms with E-state index in [9.17, 15) is 19.5 Å². The number of nitrogens with zero attached hydrogens (tertiary/aromatic N) is 2. The number of pyridine rings is 1. The van der Waals surface area contributed by atoms with Crippen LogP contribution in [-0.4, -0.2) is 77.8 Å². The van der Waals surface area contributed by atoms with Crippen molar-refractivity contribution in [3.8, 4) is 17.2 Å². The fourth-order valence-corrected chi connectivity index (χ4v) is 7.50. The average molecular weight is 785 g/mol. The molecule has 1 aliphatic carbocycles. The maximum Gasteiger partial charge on any atom is 0.245 e. The van der Waals surface area contributed by atoms with E-state index in [0.29, 0.717) is 50.3 Å². The molecule has 6 rings (SSSR count). The summed E-state index contributed by atoms with van der Waals surface area (Å²) >= 11 is 0. The first-order chi connectivity index (χ1) is 26.9. The predicted molar refractivity (Wildman–Crippen MR) is 224 cm³/mol. The first-order valence-electron chi connectivity index (χ1n) is 20.0. The molecule has 11 heteroatoms. The third kappa shape index (κ3) is 10.9. The SMILES string of the molecule is CC(C)(C)c1ccncc1.CC[C@H](NC(C)=O)C(=O)N[C@@H](CC)C(=O)N1CC[C@@]23C=C[C@H](O)C[C@@H]2Oc2c(OC)ccc(c23)C1.COc1ccc(C(C)(C)C)cc1. The number of ether oxygens (including phenoxy) is 3. The number of nitrogens with one attached hydrogen (secondary N) is 2. The van der Waals surface area contributed by atoms with Crippen LogP contribution in [0.25, 0.3) is 0 Å². The Labute approximate surface area is 339 Å². The minimum atomic E-state index is -0.695. The largest absolute Gasteiger partial charge is 0.497 e. The Morgan fingerprint density at radius 1 is 0.895 bits per heavy atom. The van der Waals surface area contributed by atoms with Crippen LogP contribution < -0.4 is 24.8 Å². The minimum absolute atomic E-state index is 0.156. The van der Waals surface area contributed by atoms with Crippen molar-refractivity contribution < 1.29 is 33.7 Å². The van der Waals surface area contributed by atoms with Gasteiger partial charge in [-0.2, -0.15) is 0 Å². The van der Waals surface area contributed by atoms with Crippen molar-refractivity contribution in [2.75, 3.05) is 20.8 Å². The van der Waals surface area contributed by atoms with Gasteiger partial charge in [-0.3, -0.25) is 19.4 Å². The normalized spacial score (nSPS) is 20.3. The topological polar surface area (TPSA) is 139 Å². The smallest absolute Gasteiger partial charge is 0.245 e. The fraction of sp³-hybridized carbons (Fsp3) is 0.522. The molecule has 310 valence electrons. The van der Waals surface area contributed by atoms with E-state index in [0.717, 1.165) is 16.9 Å². The highest BCUT2D eigenvalue weighted by molar-refractivity contribution is 5.91. The van der Waals surface area contributed by atoms with Crippen molar-refractivity contribution in [2.45, 2.75) is 135 Å². The third-order valence-electron chi connectivity index (χ3n) is 10.9.